The fourth-order valence-corrected chi connectivity index (χ4v) is 2.06. The van der Waals surface area contributed by atoms with Crippen molar-refractivity contribution in [1.82, 2.24) is 9.78 Å². The van der Waals surface area contributed by atoms with Gasteiger partial charge in [-0.1, -0.05) is 0 Å². The van der Waals surface area contributed by atoms with Crippen LogP contribution in [0, 0.1) is 0 Å². The highest BCUT2D eigenvalue weighted by Gasteiger charge is 2.17. The number of aliphatic carboxylic acids is 1. The molecule has 0 amide bonds. The average molecular weight is 306 g/mol. The molecule has 0 fully saturated rings. The van der Waals surface area contributed by atoms with Crippen molar-refractivity contribution in [2.24, 2.45) is 0 Å². The van der Waals surface area contributed by atoms with Crippen molar-refractivity contribution in [2.45, 2.75) is 13.0 Å². The molecule has 118 valence electrons. The molecule has 0 unspecified atom stereocenters. The van der Waals surface area contributed by atoms with Crippen LogP contribution in [-0.2, 0) is 4.79 Å². The number of ether oxygens (including phenoxy) is 3. The molecule has 2 aromatic rings. The molecule has 2 rings (SSSR count). The zero-order chi connectivity index (χ0) is 16.3. The first kappa shape index (κ1) is 15.7. The largest absolute Gasteiger partial charge is 0.493 e. The van der Waals surface area contributed by atoms with E-state index in [1.165, 1.54) is 26.0 Å². The Bertz CT molecular complexity index is 655. The third-order valence-electron chi connectivity index (χ3n) is 3.35. The molecule has 0 spiro atoms. The molecular weight excluding hydrogens is 288 g/mol. The lowest BCUT2D eigenvalue weighted by molar-refractivity contribution is -0.140. The molecule has 0 aliphatic rings. The first-order chi connectivity index (χ1) is 10.5. The van der Waals surface area contributed by atoms with Crippen molar-refractivity contribution < 1.29 is 24.1 Å². The van der Waals surface area contributed by atoms with Gasteiger partial charge in [-0.25, -0.2) is 4.79 Å². The van der Waals surface area contributed by atoms with Crippen LogP contribution in [0.5, 0.6) is 17.2 Å². The lowest BCUT2D eigenvalue weighted by atomic mass is 10.1. The Morgan fingerprint density at radius 3 is 2.18 bits per heavy atom. The van der Waals surface area contributed by atoms with Crippen LogP contribution in [0.15, 0.2) is 24.5 Å². The van der Waals surface area contributed by atoms with Gasteiger partial charge >= 0.3 is 5.97 Å². The van der Waals surface area contributed by atoms with Gasteiger partial charge in [0, 0.05) is 11.8 Å². The summed E-state index contributed by atoms with van der Waals surface area (Å²) < 4.78 is 17.3. The van der Waals surface area contributed by atoms with Gasteiger partial charge in [0.05, 0.1) is 27.5 Å². The van der Waals surface area contributed by atoms with E-state index in [9.17, 15) is 4.79 Å². The summed E-state index contributed by atoms with van der Waals surface area (Å²) in [7, 11) is 4.61. The molecule has 0 saturated heterocycles. The fraction of sp³-hybridized carbons (Fsp3) is 0.333. The zero-order valence-corrected chi connectivity index (χ0v) is 12.9. The van der Waals surface area contributed by atoms with Crippen molar-refractivity contribution in [3.05, 3.63) is 24.5 Å². The van der Waals surface area contributed by atoms with Crippen LogP contribution in [-0.4, -0.2) is 42.2 Å². The number of carbonyl (C=O) groups is 1. The summed E-state index contributed by atoms with van der Waals surface area (Å²) in [5.41, 5.74) is 1.55. The Morgan fingerprint density at radius 2 is 1.73 bits per heavy atom. The van der Waals surface area contributed by atoms with E-state index in [1.54, 1.807) is 31.5 Å². The van der Waals surface area contributed by atoms with E-state index in [2.05, 4.69) is 5.10 Å². The number of hydrogen-bond donors (Lipinski definition) is 1. The van der Waals surface area contributed by atoms with E-state index in [0.29, 0.717) is 17.2 Å². The van der Waals surface area contributed by atoms with Crippen LogP contribution in [0.2, 0.25) is 0 Å². The van der Waals surface area contributed by atoms with Crippen LogP contribution in [0.1, 0.15) is 13.0 Å². The predicted molar refractivity (Wildman–Crippen MR) is 79.7 cm³/mol. The number of carboxylic acid groups (broad SMARTS) is 1. The van der Waals surface area contributed by atoms with Crippen LogP contribution < -0.4 is 14.2 Å². The second kappa shape index (κ2) is 6.38. The summed E-state index contributed by atoms with van der Waals surface area (Å²) >= 11 is 0. The molecule has 22 heavy (non-hydrogen) atoms. The van der Waals surface area contributed by atoms with Gasteiger partial charge in [0.25, 0.3) is 0 Å². The third-order valence-corrected chi connectivity index (χ3v) is 3.35. The second-order valence-electron chi connectivity index (χ2n) is 4.64. The second-order valence-corrected chi connectivity index (χ2v) is 4.64. The normalized spacial score (nSPS) is 11.8. The van der Waals surface area contributed by atoms with Gasteiger partial charge in [-0.2, -0.15) is 5.10 Å². The van der Waals surface area contributed by atoms with E-state index < -0.39 is 12.0 Å². The van der Waals surface area contributed by atoms with Gasteiger partial charge in [0.1, 0.15) is 6.04 Å². The number of carboxylic acids is 1. The minimum Gasteiger partial charge on any atom is -0.493 e. The van der Waals surface area contributed by atoms with Gasteiger partial charge in [0.15, 0.2) is 11.5 Å². The van der Waals surface area contributed by atoms with Crippen molar-refractivity contribution in [1.29, 1.82) is 0 Å². The van der Waals surface area contributed by atoms with Crippen LogP contribution in [0.25, 0.3) is 11.1 Å². The average Bonchev–Trinajstić information content (AvgIpc) is 3.02. The molecule has 0 radical (unpaired) electrons. The van der Waals surface area contributed by atoms with Crippen molar-refractivity contribution in [2.75, 3.05) is 21.3 Å². The minimum atomic E-state index is -0.945. The van der Waals surface area contributed by atoms with E-state index in [1.807, 2.05) is 0 Å². The summed E-state index contributed by atoms with van der Waals surface area (Å²) in [5, 5.41) is 13.1. The van der Waals surface area contributed by atoms with Crippen molar-refractivity contribution in [3.8, 4) is 28.4 Å². The molecule has 1 aromatic heterocycles. The third kappa shape index (κ3) is 2.83. The standard InChI is InChI=1S/C15H18N2O5/c1-9(15(18)19)17-8-11(7-16-17)10-5-12(20-2)14(22-4)13(6-10)21-3/h5-9H,1-4H3,(H,18,19)/t9-/m0/s1. The SMILES string of the molecule is COc1cc(-c2cnn([C@@H](C)C(=O)O)c2)cc(OC)c1OC. The van der Waals surface area contributed by atoms with Gasteiger partial charge in [0.2, 0.25) is 5.75 Å². The molecule has 1 heterocycles. The monoisotopic (exact) mass is 306 g/mol. The number of rotatable bonds is 6. The van der Waals surface area contributed by atoms with E-state index >= 15 is 0 Å². The maximum Gasteiger partial charge on any atom is 0.328 e. The summed E-state index contributed by atoms with van der Waals surface area (Å²) in [5.74, 6) is 0.603. The van der Waals surface area contributed by atoms with Crippen molar-refractivity contribution >= 4 is 5.97 Å². The smallest absolute Gasteiger partial charge is 0.328 e. The molecular formula is C15H18N2O5. The molecule has 0 aliphatic carbocycles. The lowest BCUT2D eigenvalue weighted by Crippen LogP contribution is -2.15. The fourth-order valence-electron chi connectivity index (χ4n) is 2.06. The molecule has 7 nitrogen and oxygen atoms in total. The van der Waals surface area contributed by atoms with Crippen LogP contribution in [0.3, 0.4) is 0 Å². The number of methoxy groups -OCH3 is 3. The molecule has 1 aromatic carbocycles. The maximum atomic E-state index is 11.0. The van der Waals surface area contributed by atoms with E-state index in [-0.39, 0.29) is 0 Å². The summed E-state index contributed by atoms with van der Waals surface area (Å²) in [6, 6.07) is 2.83. The summed E-state index contributed by atoms with van der Waals surface area (Å²) in [6.45, 7) is 1.56. The Balaban J connectivity index is 2.47. The molecule has 0 saturated carbocycles. The number of nitrogens with zero attached hydrogens (tertiary/aromatic N) is 2. The number of benzene rings is 1. The first-order valence-corrected chi connectivity index (χ1v) is 6.59. The molecule has 7 heteroatoms. The van der Waals surface area contributed by atoms with Gasteiger partial charge in [-0.3, -0.25) is 4.68 Å². The highest BCUT2D eigenvalue weighted by atomic mass is 16.5. The quantitative estimate of drug-likeness (QED) is 0.881. The Hall–Kier alpha value is -2.70. The van der Waals surface area contributed by atoms with Crippen LogP contribution >= 0.6 is 0 Å². The van der Waals surface area contributed by atoms with E-state index in [4.69, 9.17) is 19.3 Å². The van der Waals surface area contributed by atoms with Gasteiger partial charge < -0.3 is 19.3 Å². The van der Waals surface area contributed by atoms with E-state index in [0.717, 1.165) is 11.1 Å². The summed E-state index contributed by atoms with van der Waals surface area (Å²) in [4.78, 5) is 11.0. The van der Waals surface area contributed by atoms with Crippen LogP contribution in [0.4, 0.5) is 0 Å². The van der Waals surface area contributed by atoms with Gasteiger partial charge in [-0.05, 0) is 24.6 Å². The molecule has 0 aliphatic heterocycles. The van der Waals surface area contributed by atoms with Gasteiger partial charge in [-0.15, -0.1) is 0 Å². The number of hydrogen-bond acceptors (Lipinski definition) is 5. The maximum absolute atomic E-state index is 11.0. The molecule has 1 N–H and O–H groups in total. The summed E-state index contributed by atoms with van der Waals surface area (Å²) in [6.07, 6.45) is 3.26. The Morgan fingerprint density at radius 1 is 1.14 bits per heavy atom. The molecule has 1 atom stereocenters. The Labute approximate surface area is 128 Å². The number of aromatic nitrogens is 2. The zero-order valence-electron chi connectivity index (χ0n) is 12.9. The molecule has 0 bridgehead atoms. The first-order valence-electron chi connectivity index (χ1n) is 6.59. The lowest BCUT2D eigenvalue weighted by Gasteiger charge is -2.13. The highest BCUT2D eigenvalue weighted by Crippen LogP contribution is 2.41. The minimum absolute atomic E-state index is 0.500. The highest BCUT2D eigenvalue weighted by molar-refractivity contribution is 5.73. The topological polar surface area (TPSA) is 82.8 Å². The predicted octanol–water partition coefficient (Wildman–Crippen LogP) is 2.22. The van der Waals surface area contributed by atoms with Crippen molar-refractivity contribution in [3.63, 3.8) is 0 Å². The Kier molecular flexibility index (Phi) is 4.55.